The number of rotatable bonds is 2. The minimum Gasteiger partial charge on any atom is -0.855 e. The summed E-state index contributed by atoms with van der Waals surface area (Å²) in [4.78, 5) is 18.9. The first-order valence-corrected chi connectivity index (χ1v) is 3.27. The summed E-state index contributed by atoms with van der Waals surface area (Å²) in [6.07, 6.45) is -0.806. The first-order chi connectivity index (χ1) is 5.54. The summed E-state index contributed by atoms with van der Waals surface area (Å²) in [6, 6.07) is 0. The van der Waals surface area contributed by atoms with E-state index in [1.807, 2.05) is 0 Å². The van der Waals surface area contributed by atoms with Gasteiger partial charge in [0.25, 0.3) is 0 Å². The molecule has 0 amide bonds. The molecule has 0 saturated carbocycles. The van der Waals surface area contributed by atoms with E-state index in [2.05, 4.69) is 6.92 Å². The van der Waals surface area contributed by atoms with Crippen LogP contribution in [-0.2, 0) is 9.59 Å². The number of carboxylic acid groups (broad SMARTS) is 2. The Balaban J connectivity index is -0.0000000581. The predicted molar refractivity (Wildman–Crippen MR) is 47.2 cm³/mol. The average Bonchev–Trinajstić information content (AvgIpc) is 1.90. The largest absolute Gasteiger partial charge is 2.00 e. The zero-order valence-electron chi connectivity index (χ0n) is 7.95. The summed E-state index contributed by atoms with van der Waals surface area (Å²) >= 11 is 0. The first kappa shape index (κ1) is 23.0. The van der Waals surface area contributed by atoms with E-state index in [0.29, 0.717) is 0 Å². The molecule has 5 nitrogen and oxygen atoms in total. The molecule has 0 aromatic carbocycles. The topological polar surface area (TPSA) is 97.7 Å². The molecule has 0 saturated heterocycles. The van der Waals surface area contributed by atoms with Crippen molar-refractivity contribution < 1.29 is 24.9 Å². The maximum atomic E-state index is 9.43. The molecule has 0 aromatic rings. The number of aliphatic carboxylic acids is 2. The molecule has 0 aliphatic rings. The van der Waals surface area contributed by atoms with Crippen LogP contribution in [0.1, 0.15) is 20.3 Å². The van der Waals surface area contributed by atoms with Crippen molar-refractivity contribution in [1.29, 1.82) is 0 Å². The normalized spacial score (nSPS) is 6.15. The molecule has 0 atom stereocenters. The van der Waals surface area contributed by atoms with Crippen LogP contribution in [-0.4, -0.2) is 51.8 Å². The van der Waals surface area contributed by atoms with E-state index in [1.165, 1.54) is 0 Å². The number of hydrogen-bond acceptors (Lipinski definition) is 3. The smallest absolute Gasteiger partial charge is 0.855 e. The zero-order chi connectivity index (χ0) is 10.6. The van der Waals surface area contributed by atoms with Crippen LogP contribution in [0, 0.1) is 6.92 Å². The second kappa shape index (κ2) is 22.6. The van der Waals surface area contributed by atoms with Gasteiger partial charge in [-0.05, 0) is 0 Å². The van der Waals surface area contributed by atoms with Crippen molar-refractivity contribution in [1.82, 2.24) is 0 Å². The van der Waals surface area contributed by atoms with Crippen molar-refractivity contribution in [3.8, 4) is 0 Å². The second-order valence-electron chi connectivity index (χ2n) is 1.25. The van der Waals surface area contributed by atoms with Crippen LogP contribution in [0.15, 0.2) is 0 Å². The maximum absolute atomic E-state index is 9.43. The fraction of sp³-hybridized carbons (Fsp3) is 0.571. The number of carbonyl (C=O) groups is 2. The molecule has 6 heteroatoms. The molecule has 0 rings (SSSR count). The van der Waals surface area contributed by atoms with Crippen molar-refractivity contribution >= 4 is 35.0 Å². The fourth-order valence-electron chi connectivity index (χ4n) is 0.129. The Labute approximate surface area is 93.9 Å². The molecule has 0 bridgehead atoms. The van der Waals surface area contributed by atoms with E-state index in [9.17, 15) is 9.59 Å². The van der Waals surface area contributed by atoms with E-state index in [1.54, 1.807) is 13.8 Å². The standard InChI is InChI=1S/C3H4O4.C2H5O.C2H5.Mg/c4-2(5)1-3(6)7;1-2-3;1-2;/h1H2,(H,4,5)(H,6,7);2H2,1H3;1H2,2H3;/q;2*-1;+2. The Hall–Kier alpha value is -0.334. The third-order valence-electron chi connectivity index (χ3n) is 0.302. The molecular formula is C7H14MgO5. The zero-order valence-corrected chi connectivity index (χ0v) is 9.36. The molecule has 0 heterocycles. The molecule has 0 aromatic heterocycles. The molecule has 2 N–H and O–H groups in total. The summed E-state index contributed by atoms with van der Waals surface area (Å²) in [5.74, 6) is -2.62. The summed E-state index contributed by atoms with van der Waals surface area (Å²) in [6.45, 7) is 6.57. The molecule has 74 valence electrons. The van der Waals surface area contributed by atoms with Crippen LogP contribution in [0.2, 0.25) is 0 Å². The molecule has 0 fully saturated rings. The summed E-state index contributed by atoms with van der Waals surface area (Å²) in [7, 11) is 0. The molecule has 0 spiro atoms. The summed E-state index contributed by atoms with van der Waals surface area (Å²) in [5.41, 5.74) is 0. The molecule has 0 aliphatic heterocycles. The van der Waals surface area contributed by atoms with Crippen LogP contribution in [0.25, 0.3) is 0 Å². The maximum Gasteiger partial charge on any atom is 2.00 e. The van der Waals surface area contributed by atoms with Crippen LogP contribution in [0.5, 0.6) is 0 Å². The van der Waals surface area contributed by atoms with Crippen molar-refractivity contribution in [2.24, 2.45) is 0 Å². The van der Waals surface area contributed by atoms with Crippen LogP contribution < -0.4 is 5.11 Å². The van der Waals surface area contributed by atoms with E-state index in [-0.39, 0.29) is 29.7 Å². The Kier molecular flexibility index (Phi) is 39.9. The minimum absolute atomic E-state index is 0. The van der Waals surface area contributed by atoms with Gasteiger partial charge in [-0.2, -0.15) is 6.92 Å². The monoisotopic (exact) mass is 202 g/mol. The van der Waals surface area contributed by atoms with Gasteiger partial charge in [0.2, 0.25) is 0 Å². The van der Waals surface area contributed by atoms with Crippen LogP contribution in [0.3, 0.4) is 0 Å². The Bertz CT molecular complexity index is 103. The van der Waals surface area contributed by atoms with Gasteiger partial charge in [-0.15, -0.1) is 6.61 Å². The van der Waals surface area contributed by atoms with Crippen molar-refractivity contribution in [3.63, 3.8) is 0 Å². The molecule has 0 unspecified atom stereocenters. The number of hydrogen-bond donors (Lipinski definition) is 2. The predicted octanol–water partition coefficient (Wildman–Crippen LogP) is -0.628. The van der Waals surface area contributed by atoms with Gasteiger partial charge in [-0.25, -0.2) is 0 Å². The third kappa shape index (κ3) is 81.1. The third-order valence-corrected chi connectivity index (χ3v) is 0.302. The van der Waals surface area contributed by atoms with Gasteiger partial charge in [0.05, 0.1) is 0 Å². The first-order valence-electron chi connectivity index (χ1n) is 3.27. The van der Waals surface area contributed by atoms with Crippen molar-refractivity contribution in [2.45, 2.75) is 20.3 Å². The van der Waals surface area contributed by atoms with Gasteiger partial charge in [0.1, 0.15) is 6.42 Å². The second-order valence-corrected chi connectivity index (χ2v) is 1.25. The van der Waals surface area contributed by atoms with Gasteiger partial charge < -0.3 is 22.2 Å². The van der Waals surface area contributed by atoms with Crippen LogP contribution >= 0.6 is 0 Å². The quantitative estimate of drug-likeness (QED) is 0.353. The molecule has 13 heavy (non-hydrogen) atoms. The van der Waals surface area contributed by atoms with Crippen LogP contribution in [0.4, 0.5) is 0 Å². The van der Waals surface area contributed by atoms with Crippen molar-refractivity contribution in [3.05, 3.63) is 6.92 Å². The SMILES string of the molecule is CC[O-].O=C(O)CC(=O)O.[CH2-]C.[Mg+2]. The van der Waals surface area contributed by atoms with Gasteiger partial charge in [-0.3, -0.25) is 9.59 Å². The van der Waals surface area contributed by atoms with Gasteiger partial charge in [0, 0.05) is 0 Å². The van der Waals surface area contributed by atoms with E-state index in [0.717, 1.165) is 0 Å². The van der Waals surface area contributed by atoms with Gasteiger partial charge >= 0.3 is 35.0 Å². The minimum atomic E-state index is -1.31. The molecule has 0 radical (unpaired) electrons. The number of carboxylic acids is 2. The fourth-order valence-corrected chi connectivity index (χ4v) is 0.129. The van der Waals surface area contributed by atoms with Gasteiger partial charge in [0.15, 0.2) is 0 Å². The molecular weight excluding hydrogens is 188 g/mol. The van der Waals surface area contributed by atoms with E-state index in [4.69, 9.17) is 15.3 Å². The summed E-state index contributed by atoms with van der Waals surface area (Å²) < 4.78 is 0. The Morgan fingerprint density at radius 3 is 1.38 bits per heavy atom. The van der Waals surface area contributed by atoms with E-state index >= 15 is 0 Å². The summed E-state index contributed by atoms with van der Waals surface area (Å²) in [5, 5.41) is 24.3. The van der Waals surface area contributed by atoms with Gasteiger partial charge in [-0.1, -0.05) is 6.92 Å². The Morgan fingerprint density at radius 1 is 1.23 bits per heavy atom. The van der Waals surface area contributed by atoms with E-state index < -0.39 is 18.4 Å². The average molecular weight is 202 g/mol. The Morgan fingerprint density at radius 2 is 1.38 bits per heavy atom. The molecule has 0 aliphatic carbocycles. The van der Waals surface area contributed by atoms with Crippen molar-refractivity contribution in [2.75, 3.05) is 6.61 Å².